The molecule has 0 radical (unpaired) electrons. The average molecular weight is 365 g/mol. The maximum absolute atomic E-state index is 13.2. The van der Waals surface area contributed by atoms with Crippen molar-refractivity contribution in [3.8, 4) is 0 Å². The third kappa shape index (κ3) is 3.28. The van der Waals surface area contributed by atoms with Gasteiger partial charge in [-0.25, -0.2) is 22.9 Å². The molecule has 1 amide bonds. The van der Waals surface area contributed by atoms with E-state index in [0.29, 0.717) is 20.9 Å². The van der Waals surface area contributed by atoms with Crippen LogP contribution in [-0.2, 0) is 10.0 Å². The number of primary sulfonamides is 1. The Labute approximate surface area is 141 Å². The van der Waals surface area contributed by atoms with Crippen LogP contribution in [0.3, 0.4) is 0 Å². The number of amides is 1. The predicted molar refractivity (Wildman–Crippen MR) is 90.1 cm³/mol. The van der Waals surface area contributed by atoms with Crippen LogP contribution >= 0.6 is 11.3 Å². The van der Waals surface area contributed by atoms with Crippen molar-refractivity contribution >= 4 is 42.6 Å². The number of benzene rings is 2. The van der Waals surface area contributed by atoms with E-state index in [1.54, 1.807) is 6.92 Å². The number of aryl methyl sites for hydroxylation is 1. The molecule has 0 aliphatic carbocycles. The van der Waals surface area contributed by atoms with Crippen LogP contribution in [0, 0.1) is 12.7 Å². The summed E-state index contributed by atoms with van der Waals surface area (Å²) in [7, 11) is -3.91. The highest BCUT2D eigenvalue weighted by Crippen LogP contribution is 2.27. The highest BCUT2D eigenvalue weighted by Gasteiger charge is 2.16. The van der Waals surface area contributed by atoms with E-state index in [1.807, 2.05) is 0 Å². The summed E-state index contributed by atoms with van der Waals surface area (Å²) in [5, 5.41) is 7.98. The van der Waals surface area contributed by atoms with Crippen molar-refractivity contribution in [1.29, 1.82) is 0 Å². The highest BCUT2D eigenvalue weighted by atomic mass is 32.2. The monoisotopic (exact) mass is 365 g/mol. The zero-order valence-corrected chi connectivity index (χ0v) is 14.0. The zero-order chi connectivity index (χ0) is 17.5. The van der Waals surface area contributed by atoms with Gasteiger partial charge in [0.2, 0.25) is 10.0 Å². The molecule has 1 aromatic heterocycles. The van der Waals surface area contributed by atoms with Crippen LogP contribution in [0.15, 0.2) is 41.3 Å². The summed E-state index contributed by atoms with van der Waals surface area (Å²) >= 11 is 1.12. The van der Waals surface area contributed by atoms with Crippen LogP contribution in [0.4, 0.5) is 9.52 Å². The minimum absolute atomic E-state index is 0.148. The molecule has 6 nitrogen and oxygen atoms in total. The lowest BCUT2D eigenvalue weighted by Crippen LogP contribution is -2.16. The number of thiazole rings is 1. The van der Waals surface area contributed by atoms with Gasteiger partial charge >= 0.3 is 0 Å². The molecule has 124 valence electrons. The van der Waals surface area contributed by atoms with Gasteiger partial charge in [-0.15, -0.1) is 0 Å². The fraction of sp³-hybridized carbons (Fsp3) is 0.0667. The van der Waals surface area contributed by atoms with Gasteiger partial charge in [-0.1, -0.05) is 17.4 Å². The summed E-state index contributed by atoms with van der Waals surface area (Å²) in [6, 6.07) is 8.18. The SMILES string of the molecule is Cc1ccc(S(N)(=O)=O)cc1C(=O)Nc1nc2ccc(F)cc2s1. The largest absolute Gasteiger partial charge is 0.298 e. The number of sulfonamides is 1. The van der Waals surface area contributed by atoms with E-state index in [2.05, 4.69) is 10.3 Å². The Balaban J connectivity index is 1.94. The van der Waals surface area contributed by atoms with Crippen molar-refractivity contribution < 1.29 is 17.6 Å². The molecule has 0 aliphatic rings. The van der Waals surface area contributed by atoms with E-state index in [4.69, 9.17) is 5.14 Å². The Bertz CT molecular complexity index is 1060. The van der Waals surface area contributed by atoms with Gasteiger partial charge in [0.05, 0.1) is 15.1 Å². The Morgan fingerprint density at radius 3 is 2.71 bits per heavy atom. The van der Waals surface area contributed by atoms with E-state index in [9.17, 15) is 17.6 Å². The highest BCUT2D eigenvalue weighted by molar-refractivity contribution is 7.89. The number of fused-ring (bicyclic) bond motifs is 1. The standard InChI is InChI=1S/C15H12FN3O3S2/c1-8-2-4-10(24(17,21)22)7-11(8)14(20)19-15-18-12-5-3-9(16)6-13(12)23-15/h2-7H,1H3,(H2,17,21,22)(H,18,19,20). The minimum atomic E-state index is -3.91. The summed E-state index contributed by atoms with van der Waals surface area (Å²) in [5.41, 5.74) is 1.32. The lowest BCUT2D eigenvalue weighted by molar-refractivity contribution is 0.102. The van der Waals surface area contributed by atoms with Crippen LogP contribution in [-0.4, -0.2) is 19.3 Å². The molecule has 9 heteroatoms. The maximum Gasteiger partial charge on any atom is 0.257 e. The number of nitrogens with one attached hydrogen (secondary N) is 1. The quantitative estimate of drug-likeness (QED) is 0.745. The van der Waals surface area contributed by atoms with Gasteiger partial charge in [0, 0.05) is 5.56 Å². The first-order valence-electron chi connectivity index (χ1n) is 6.75. The molecular formula is C15H12FN3O3S2. The van der Waals surface area contributed by atoms with Gasteiger partial charge in [-0.05, 0) is 42.8 Å². The van der Waals surface area contributed by atoms with Crippen molar-refractivity contribution in [2.45, 2.75) is 11.8 Å². The van der Waals surface area contributed by atoms with E-state index >= 15 is 0 Å². The first-order valence-corrected chi connectivity index (χ1v) is 9.11. The van der Waals surface area contributed by atoms with Crippen molar-refractivity contribution in [2.24, 2.45) is 5.14 Å². The van der Waals surface area contributed by atoms with Crippen LogP contribution in [0.25, 0.3) is 10.2 Å². The third-order valence-electron chi connectivity index (χ3n) is 3.35. The molecule has 0 saturated heterocycles. The molecular weight excluding hydrogens is 353 g/mol. The average Bonchev–Trinajstić information content (AvgIpc) is 2.87. The topological polar surface area (TPSA) is 102 Å². The molecule has 3 aromatic rings. The molecule has 1 heterocycles. The van der Waals surface area contributed by atoms with Gasteiger partial charge in [0.25, 0.3) is 5.91 Å². The van der Waals surface area contributed by atoms with Crippen molar-refractivity contribution in [1.82, 2.24) is 4.98 Å². The van der Waals surface area contributed by atoms with Gasteiger partial charge in [-0.3, -0.25) is 10.1 Å². The van der Waals surface area contributed by atoms with Crippen molar-refractivity contribution in [3.05, 3.63) is 53.3 Å². The molecule has 0 unspecified atom stereocenters. The molecule has 24 heavy (non-hydrogen) atoms. The minimum Gasteiger partial charge on any atom is -0.298 e. The van der Waals surface area contributed by atoms with Crippen molar-refractivity contribution in [2.75, 3.05) is 5.32 Å². The number of rotatable bonds is 3. The lowest BCUT2D eigenvalue weighted by Gasteiger charge is -2.07. The van der Waals surface area contributed by atoms with Crippen LogP contribution in [0.5, 0.6) is 0 Å². The molecule has 3 N–H and O–H groups in total. The molecule has 0 spiro atoms. The first kappa shape index (κ1) is 16.5. The predicted octanol–water partition coefficient (Wildman–Crippen LogP) is 2.64. The Morgan fingerprint density at radius 1 is 1.25 bits per heavy atom. The molecule has 0 atom stereocenters. The van der Waals surface area contributed by atoms with Crippen molar-refractivity contribution in [3.63, 3.8) is 0 Å². The van der Waals surface area contributed by atoms with Crippen LogP contribution < -0.4 is 10.5 Å². The summed E-state index contributed by atoms with van der Waals surface area (Å²) < 4.78 is 36.7. The Hall–Kier alpha value is -2.36. The number of carbonyl (C=O) groups is 1. The number of nitrogens with zero attached hydrogens (tertiary/aromatic N) is 1. The number of carbonyl (C=O) groups excluding carboxylic acids is 1. The summed E-state index contributed by atoms with van der Waals surface area (Å²) in [6.45, 7) is 1.68. The van der Waals surface area contributed by atoms with Gasteiger partial charge < -0.3 is 0 Å². The van der Waals surface area contributed by atoms with Crippen LogP contribution in [0.1, 0.15) is 15.9 Å². The second-order valence-electron chi connectivity index (χ2n) is 5.11. The number of hydrogen-bond acceptors (Lipinski definition) is 5. The smallest absolute Gasteiger partial charge is 0.257 e. The number of anilines is 1. The second-order valence-corrected chi connectivity index (χ2v) is 7.70. The number of nitrogens with two attached hydrogens (primary N) is 1. The maximum atomic E-state index is 13.2. The number of halogens is 1. The number of hydrogen-bond donors (Lipinski definition) is 2. The van der Waals surface area contributed by atoms with Gasteiger partial charge in [-0.2, -0.15) is 0 Å². The Morgan fingerprint density at radius 2 is 2.00 bits per heavy atom. The fourth-order valence-electron chi connectivity index (χ4n) is 2.14. The Kier molecular flexibility index (Phi) is 4.08. The number of aromatic nitrogens is 1. The van der Waals surface area contributed by atoms with E-state index in [1.165, 1.54) is 36.4 Å². The fourth-order valence-corrected chi connectivity index (χ4v) is 3.56. The third-order valence-corrected chi connectivity index (χ3v) is 5.20. The summed E-state index contributed by atoms with van der Waals surface area (Å²) in [5.74, 6) is -0.904. The van der Waals surface area contributed by atoms with Gasteiger partial charge in [0.15, 0.2) is 5.13 Å². The van der Waals surface area contributed by atoms with Gasteiger partial charge in [0.1, 0.15) is 5.82 Å². The van der Waals surface area contributed by atoms with E-state index in [-0.39, 0.29) is 16.3 Å². The first-order chi connectivity index (χ1) is 11.2. The van der Waals surface area contributed by atoms with Crippen LogP contribution in [0.2, 0.25) is 0 Å². The summed E-state index contributed by atoms with van der Waals surface area (Å²) in [6.07, 6.45) is 0. The molecule has 0 aliphatic heterocycles. The van der Waals surface area contributed by atoms with E-state index in [0.717, 1.165) is 11.3 Å². The molecule has 0 saturated carbocycles. The molecule has 3 rings (SSSR count). The molecule has 2 aromatic carbocycles. The normalized spacial score (nSPS) is 11.6. The lowest BCUT2D eigenvalue weighted by atomic mass is 10.1. The van der Waals surface area contributed by atoms with E-state index < -0.39 is 15.9 Å². The second kappa shape index (κ2) is 5.93. The summed E-state index contributed by atoms with van der Waals surface area (Å²) in [4.78, 5) is 16.5. The molecule has 0 bridgehead atoms. The molecule has 0 fully saturated rings. The zero-order valence-electron chi connectivity index (χ0n) is 12.4.